The molecule has 0 amide bonds. The Bertz CT molecular complexity index is 697. The molecule has 0 nitrogen and oxygen atoms in total. The van der Waals surface area contributed by atoms with Crippen molar-refractivity contribution in [2.75, 3.05) is 0 Å². The number of benzene rings is 2. The molecule has 0 aliphatic rings. The minimum Gasteiger partial charge on any atom is -0.140 e. The van der Waals surface area contributed by atoms with E-state index in [4.69, 9.17) is 0 Å². The summed E-state index contributed by atoms with van der Waals surface area (Å²) in [6.45, 7) is 2.14. The van der Waals surface area contributed by atoms with Crippen molar-refractivity contribution in [1.29, 1.82) is 0 Å². The second-order valence-corrected chi connectivity index (χ2v) is 6.64. The van der Waals surface area contributed by atoms with Crippen LogP contribution in [-0.2, 0) is 6.42 Å². The third-order valence-corrected chi connectivity index (χ3v) is 4.60. The normalized spacial score (nSPS) is 11.0. The van der Waals surface area contributed by atoms with Gasteiger partial charge in [-0.1, -0.05) is 45.8 Å². The Hall–Kier alpha value is -1.12. The summed E-state index contributed by atoms with van der Waals surface area (Å²) >= 11 is 5.41. The Morgan fingerprint density at radius 1 is 1.06 bits per heavy atom. The molecule has 0 radical (unpaired) electrons. The Kier molecular flexibility index (Phi) is 3.23. The first-order valence-electron chi connectivity index (χ1n) is 5.94. The van der Waals surface area contributed by atoms with E-state index in [-0.39, 0.29) is 0 Å². The Morgan fingerprint density at radius 2 is 1.94 bits per heavy atom. The van der Waals surface area contributed by atoms with Crippen molar-refractivity contribution in [3.05, 3.63) is 69.0 Å². The molecule has 0 atom stereocenters. The van der Waals surface area contributed by atoms with Gasteiger partial charge in [0.25, 0.3) is 0 Å². The Morgan fingerprint density at radius 3 is 2.78 bits per heavy atom. The van der Waals surface area contributed by atoms with Gasteiger partial charge in [0, 0.05) is 20.5 Å². The molecule has 1 heterocycles. The van der Waals surface area contributed by atoms with Crippen molar-refractivity contribution in [2.24, 2.45) is 0 Å². The molecule has 0 aliphatic heterocycles. The number of hydrogen-bond acceptors (Lipinski definition) is 1. The van der Waals surface area contributed by atoms with Crippen molar-refractivity contribution in [1.82, 2.24) is 0 Å². The van der Waals surface area contributed by atoms with Gasteiger partial charge in [0.2, 0.25) is 0 Å². The molecule has 0 aliphatic carbocycles. The van der Waals surface area contributed by atoms with Crippen LogP contribution in [0.3, 0.4) is 0 Å². The van der Waals surface area contributed by atoms with Crippen LogP contribution in [0.5, 0.6) is 0 Å². The van der Waals surface area contributed by atoms with E-state index in [1.54, 1.807) is 0 Å². The molecule has 2 aromatic carbocycles. The molecule has 18 heavy (non-hydrogen) atoms. The fourth-order valence-electron chi connectivity index (χ4n) is 2.15. The molecule has 0 unspecified atom stereocenters. The molecule has 3 rings (SSSR count). The third-order valence-electron chi connectivity index (χ3n) is 2.99. The fraction of sp³-hybridized carbons (Fsp3) is 0.125. The highest BCUT2D eigenvalue weighted by Gasteiger charge is 2.03. The number of fused-ring (bicyclic) bond motifs is 1. The predicted octanol–water partition coefficient (Wildman–Crippen LogP) is 5.56. The Balaban J connectivity index is 1.95. The molecule has 1 aromatic heterocycles. The molecule has 0 saturated carbocycles. The van der Waals surface area contributed by atoms with Gasteiger partial charge in [-0.3, -0.25) is 0 Å². The van der Waals surface area contributed by atoms with Gasteiger partial charge >= 0.3 is 0 Å². The average Bonchev–Trinajstić information content (AvgIpc) is 2.70. The third kappa shape index (κ3) is 2.50. The van der Waals surface area contributed by atoms with E-state index >= 15 is 0 Å². The van der Waals surface area contributed by atoms with Gasteiger partial charge in [-0.25, -0.2) is 0 Å². The van der Waals surface area contributed by atoms with Gasteiger partial charge < -0.3 is 0 Å². The van der Waals surface area contributed by atoms with Crippen LogP contribution in [0.2, 0.25) is 0 Å². The van der Waals surface area contributed by atoms with Gasteiger partial charge in [0.15, 0.2) is 0 Å². The molecule has 0 bridgehead atoms. The van der Waals surface area contributed by atoms with Gasteiger partial charge in [-0.2, -0.15) is 0 Å². The lowest BCUT2D eigenvalue weighted by atomic mass is 10.1. The van der Waals surface area contributed by atoms with E-state index in [1.807, 2.05) is 11.3 Å². The first-order chi connectivity index (χ1) is 8.70. The maximum Gasteiger partial charge on any atom is 0.0345 e. The number of thiophene rings is 1. The molecule has 0 saturated heterocycles. The summed E-state index contributed by atoms with van der Waals surface area (Å²) in [5, 5.41) is 1.37. The summed E-state index contributed by atoms with van der Waals surface area (Å²) in [4.78, 5) is 1.42. The van der Waals surface area contributed by atoms with Gasteiger partial charge in [-0.15, -0.1) is 11.3 Å². The van der Waals surface area contributed by atoms with E-state index in [1.165, 1.54) is 26.1 Å². The fourth-order valence-corrected chi connectivity index (χ4v) is 3.68. The average molecular weight is 317 g/mol. The second-order valence-electron chi connectivity index (χ2n) is 4.56. The second kappa shape index (κ2) is 4.87. The van der Waals surface area contributed by atoms with Crippen molar-refractivity contribution in [3.8, 4) is 0 Å². The number of hydrogen-bond donors (Lipinski definition) is 0. The summed E-state index contributed by atoms with van der Waals surface area (Å²) in [5.41, 5.74) is 2.68. The van der Waals surface area contributed by atoms with Crippen LogP contribution < -0.4 is 0 Å². The molecular formula is C16H13BrS. The van der Waals surface area contributed by atoms with Crippen molar-refractivity contribution < 1.29 is 0 Å². The largest absolute Gasteiger partial charge is 0.140 e. The molecule has 3 aromatic rings. The molecule has 2 heteroatoms. The topological polar surface area (TPSA) is 0 Å². The van der Waals surface area contributed by atoms with Crippen LogP contribution in [0.1, 0.15) is 16.0 Å². The van der Waals surface area contributed by atoms with E-state index in [0.717, 1.165) is 10.9 Å². The quantitative estimate of drug-likeness (QED) is 0.580. The van der Waals surface area contributed by atoms with E-state index in [2.05, 4.69) is 71.4 Å². The lowest BCUT2D eigenvalue weighted by Gasteiger charge is -1.98. The Labute approximate surface area is 119 Å². The molecular weight excluding hydrogens is 304 g/mol. The monoisotopic (exact) mass is 316 g/mol. The number of aryl methyl sites for hydroxylation is 1. The highest BCUT2D eigenvalue weighted by Crippen LogP contribution is 2.28. The van der Waals surface area contributed by atoms with Gasteiger partial charge in [0.1, 0.15) is 0 Å². The van der Waals surface area contributed by atoms with Crippen LogP contribution in [-0.4, -0.2) is 0 Å². The lowest BCUT2D eigenvalue weighted by Crippen LogP contribution is -1.83. The van der Waals surface area contributed by atoms with Crippen LogP contribution in [0.25, 0.3) is 10.1 Å². The molecule has 0 N–H and O–H groups in total. The maximum atomic E-state index is 3.52. The van der Waals surface area contributed by atoms with Crippen LogP contribution >= 0.6 is 27.3 Å². The standard InChI is InChI=1S/C16H13BrS/c1-11-5-6-16-13(7-11)10-15(18-16)9-12-3-2-4-14(17)8-12/h2-8,10H,9H2,1H3. The molecule has 0 fully saturated rings. The minimum atomic E-state index is 1.01. The highest BCUT2D eigenvalue weighted by atomic mass is 79.9. The van der Waals surface area contributed by atoms with Crippen molar-refractivity contribution in [3.63, 3.8) is 0 Å². The van der Waals surface area contributed by atoms with Gasteiger partial charge in [0.05, 0.1) is 0 Å². The smallest absolute Gasteiger partial charge is 0.0345 e. The van der Waals surface area contributed by atoms with Crippen molar-refractivity contribution in [2.45, 2.75) is 13.3 Å². The van der Waals surface area contributed by atoms with Crippen LogP contribution in [0.4, 0.5) is 0 Å². The van der Waals surface area contributed by atoms with Crippen molar-refractivity contribution >= 4 is 37.4 Å². The minimum absolute atomic E-state index is 1.01. The maximum absolute atomic E-state index is 3.52. The summed E-state index contributed by atoms with van der Waals surface area (Å²) < 4.78 is 2.53. The van der Waals surface area contributed by atoms with Crippen LogP contribution in [0.15, 0.2) is 53.0 Å². The molecule has 90 valence electrons. The molecule has 0 spiro atoms. The SMILES string of the molecule is Cc1ccc2sc(Cc3cccc(Br)c3)cc2c1. The zero-order valence-corrected chi connectivity index (χ0v) is 12.5. The summed E-state index contributed by atoms with van der Waals surface area (Å²) in [5.74, 6) is 0. The van der Waals surface area contributed by atoms with Gasteiger partial charge in [-0.05, 0) is 42.1 Å². The highest BCUT2D eigenvalue weighted by molar-refractivity contribution is 9.10. The van der Waals surface area contributed by atoms with E-state index < -0.39 is 0 Å². The van der Waals surface area contributed by atoms with Crippen LogP contribution in [0, 0.1) is 6.92 Å². The van der Waals surface area contributed by atoms with E-state index in [9.17, 15) is 0 Å². The lowest BCUT2D eigenvalue weighted by molar-refractivity contribution is 1.24. The first kappa shape index (κ1) is 11.9. The van der Waals surface area contributed by atoms with E-state index in [0.29, 0.717) is 0 Å². The summed E-state index contributed by atoms with van der Waals surface area (Å²) in [6, 6.07) is 17.5. The zero-order chi connectivity index (χ0) is 12.5. The summed E-state index contributed by atoms with van der Waals surface area (Å²) in [7, 11) is 0. The number of rotatable bonds is 2. The number of halogens is 1. The zero-order valence-electron chi connectivity index (χ0n) is 10.1. The predicted molar refractivity (Wildman–Crippen MR) is 83.5 cm³/mol. The summed E-state index contributed by atoms with van der Waals surface area (Å²) in [6.07, 6.45) is 1.01. The first-order valence-corrected chi connectivity index (χ1v) is 7.55.